The van der Waals surface area contributed by atoms with E-state index in [4.69, 9.17) is 0 Å². The Labute approximate surface area is 115 Å². The lowest BCUT2D eigenvalue weighted by atomic mass is 9.90. The standard InChI is InChI=1S/C16H23NO2/c1-3-9-16(15(18)19)10-4-11-17(16)12-14-7-5-13(2)6-8-14/h5-8H,3-4,9-12H2,1-2H3,(H,18,19). The average molecular weight is 261 g/mol. The van der Waals surface area contributed by atoms with Gasteiger partial charge in [0.2, 0.25) is 0 Å². The molecule has 1 N–H and O–H groups in total. The Hall–Kier alpha value is -1.35. The summed E-state index contributed by atoms with van der Waals surface area (Å²) in [5.74, 6) is -0.654. The van der Waals surface area contributed by atoms with Crippen LogP contribution in [0.15, 0.2) is 24.3 Å². The molecule has 0 radical (unpaired) electrons. The second kappa shape index (κ2) is 5.74. The Morgan fingerprint density at radius 1 is 1.37 bits per heavy atom. The quantitative estimate of drug-likeness (QED) is 0.884. The second-order valence-electron chi connectivity index (χ2n) is 5.60. The van der Waals surface area contributed by atoms with Gasteiger partial charge in [0.25, 0.3) is 0 Å². The van der Waals surface area contributed by atoms with Gasteiger partial charge in [0.15, 0.2) is 0 Å². The van der Waals surface area contributed by atoms with Crippen LogP contribution in [0, 0.1) is 6.92 Å². The first-order chi connectivity index (χ1) is 9.08. The zero-order valence-electron chi connectivity index (χ0n) is 11.9. The molecule has 1 fully saturated rings. The van der Waals surface area contributed by atoms with Gasteiger partial charge < -0.3 is 5.11 Å². The highest BCUT2D eigenvalue weighted by molar-refractivity contribution is 5.79. The van der Waals surface area contributed by atoms with Crippen molar-refractivity contribution in [3.63, 3.8) is 0 Å². The average Bonchev–Trinajstić information content (AvgIpc) is 2.77. The smallest absolute Gasteiger partial charge is 0.324 e. The highest BCUT2D eigenvalue weighted by Crippen LogP contribution is 2.35. The normalized spacial score (nSPS) is 23.7. The van der Waals surface area contributed by atoms with E-state index in [1.54, 1.807) is 0 Å². The molecule has 104 valence electrons. The van der Waals surface area contributed by atoms with E-state index in [1.807, 2.05) is 0 Å². The third-order valence-corrected chi connectivity index (χ3v) is 4.18. The maximum absolute atomic E-state index is 11.7. The number of rotatable bonds is 5. The van der Waals surface area contributed by atoms with E-state index in [9.17, 15) is 9.90 Å². The molecule has 0 aliphatic carbocycles. The maximum atomic E-state index is 11.7. The predicted molar refractivity (Wildman–Crippen MR) is 76.1 cm³/mol. The van der Waals surface area contributed by atoms with Crippen molar-refractivity contribution in [2.24, 2.45) is 0 Å². The molecule has 1 heterocycles. The van der Waals surface area contributed by atoms with Crippen LogP contribution in [-0.4, -0.2) is 28.1 Å². The highest BCUT2D eigenvalue weighted by atomic mass is 16.4. The number of carboxylic acids is 1. The van der Waals surface area contributed by atoms with Crippen LogP contribution in [0.2, 0.25) is 0 Å². The van der Waals surface area contributed by atoms with Gasteiger partial charge in [-0.05, 0) is 38.3 Å². The number of aryl methyl sites for hydroxylation is 1. The molecule has 1 unspecified atom stereocenters. The maximum Gasteiger partial charge on any atom is 0.324 e. The lowest BCUT2D eigenvalue weighted by molar-refractivity contribution is -0.150. The third-order valence-electron chi connectivity index (χ3n) is 4.18. The number of likely N-dealkylation sites (tertiary alicyclic amines) is 1. The first-order valence-corrected chi connectivity index (χ1v) is 7.12. The summed E-state index contributed by atoms with van der Waals surface area (Å²) in [6, 6.07) is 8.39. The molecule has 1 saturated heterocycles. The van der Waals surface area contributed by atoms with Gasteiger partial charge in [-0.1, -0.05) is 43.2 Å². The van der Waals surface area contributed by atoms with Crippen LogP contribution < -0.4 is 0 Å². The molecule has 0 aromatic heterocycles. The molecule has 1 aromatic rings. The Bertz CT molecular complexity index is 441. The minimum atomic E-state index is -0.654. The molecule has 1 aliphatic heterocycles. The minimum Gasteiger partial charge on any atom is -0.480 e. The van der Waals surface area contributed by atoms with Crippen LogP contribution in [0.4, 0.5) is 0 Å². The first kappa shape index (κ1) is 14.1. The summed E-state index contributed by atoms with van der Waals surface area (Å²) in [5, 5.41) is 9.65. The van der Waals surface area contributed by atoms with E-state index in [0.717, 1.165) is 38.8 Å². The summed E-state index contributed by atoms with van der Waals surface area (Å²) in [6.07, 6.45) is 3.42. The minimum absolute atomic E-state index is 0.639. The molecular formula is C16H23NO2. The highest BCUT2D eigenvalue weighted by Gasteiger charge is 2.46. The molecule has 19 heavy (non-hydrogen) atoms. The lowest BCUT2D eigenvalue weighted by Crippen LogP contribution is -2.49. The molecule has 0 amide bonds. The fourth-order valence-electron chi connectivity index (χ4n) is 3.12. The van der Waals surface area contributed by atoms with Gasteiger partial charge in [-0.2, -0.15) is 0 Å². The fourth-order valence-corrected chi connectivity index (χ4v) is 3.12. The predicted octanol–water partition coefficient (Wildman–Crippen LogP) is 3.21. The summed E-state index contributed by atoms with van der Waals surface area (Å²) in [5.41, 5.74) is 1.80. The number of aliphatic carboxylic acids is 1. The van der Waals surface area contributed by atoms with Crippen molar-refractivity contribution in [2.45, 2.75) is 51.6 Å². The van der Waals surface area contributed by atoms with Crippen LogP contribution in [-0.2, 0) is 11.3 Å². The second-order valence-corrected chi connectivity index (χ2v) is 5.60. The zero-order valence-corrected chi connectivity index (χ0v) is 11.9. The van der Waals surface area contributed by atoms with Crippen molar-refractivity contribution in [3.05, 3.63) is 35.4 Å². The molecular weight excluding hydrogens is 238 g/mol. The summed E-state index contributed by atoms with van der Waals surface area (Å²) >= 11 is 0. The van der Waals surface area contributed by atoms with Crippen molar-refractivity contribution in [2.75, 3.05) is 6.54 Å². The van der Waals surface area contributed by atoms with Gasteiger partial charge in [-0.3, -0.25) is 9.69 Å². The van der Waals surface area contributed by atoms with Crippen LogP contribution >= 0.6 is 0 Å². The van der Waals surface area contributed by atoms with Crippen molar-refractivity contribution in [1.29, 1.82) is 0 Å². The van der Waals surface area contributed by atoms with Crippen molar-refractivity contribution in [1.82, 2.24) is 4.90 Å². The van der Waals surface area contributed by atoms with Crippen molar-refractivity contribution in [3.8, 4) is 0 Å². The van der Waals surface area contributed by atoms with E-state index in [0.29, 0.717) is 0 Å². The summed E-state index contributed by atoms with van der Waals surface area (Å²) in [4.78, 5) is 13.9. The van der Waals surface area contributed by atoms with E-state index in [2.05, 4.69) is 43.0 Å². The number of carbonyl (C=O) groups is 1. The molecule has 3 nitrogen and oxygen atoms in total. The van der Waals surface area contributed by atoms with Gasteiger partial charge >= 0.3 is 5.97 Å². The summed E-state index contributed by atoms with van der Waals surface area (Å²) in [7, 11) is 0. The molecule has 1 aromatic carbocycles. The van der Waals surface area contributed by atoms with E-state index in [-0.39, 0.29) is 0 Å². The topological polar surface area (TPSA) is 40.5 Å². The number of hydrogen-bond donors (Lipinski definition) is 1. The van der Waals surface area contributed by atoms with Crippen LogP contribution in [0.1, 0.15) is 43.7 Å². The molecule has 2 rings (SSSR count). The number of hydrogen-bond acceptors (Lipinski definition) is 2. The van der Waals surface area contributed by atoms with Crippen molar-refractivity contribution >= 4 is 5.97 Å². The summed E-state index contributed by atoms with van der Waals surface area (Å²) < 4.78 is 0. The van der Waals surface area contributed by atoms with Gasteiger partial charge in [-0.25, -0.2) is 0 Å². The SMILES string of the molecule is CCCC1(C(=O)O)CCCN1Cc1ccc(C)cc1. The monoisotopic (exact) mass is 261 g/mol. The lowest BCUT2D eigenvalue weighted by Gasteiger charge is -2.34. The van der Waals surface area contributed by atoms with Gasteiger partial charge in [0, 0.05) is 6.54 Å². The molecule has 1 aliphatic rings. The molecule has 0 spiro atoms. The van der Waals surface area contributed by atoms with Crippen molar-refractivity contribution < 1.29 is 9.90 Å². The molecule has 0 saturated carbocycles. The van der Waals surface area contributed by atoms with Gasteiger partial charge in [-0.15, -0.1) is 0 Å². The summed E-state index contributed by atoms with van der Waals surface area (Å²) in [6.45, 7) is 5.76. The van der Waals surface area contributed by atoms with Crippen LogP contribution in [0.25, 0.3) is 0 Å². The van der Waals surface area contributed by atoms with E-state index >= 15 is 0 Å². The molecule has 0 bridgehead atoms. The fraction of sp³-hybridized carbons (Fsp3) is 0.562. The Kier molecular flexibility index (Phi) is 4.25. The van der Waals surface area contributed by atoms with Crippen LogP contribution in [0.5, 0.6) is 0 Å². The Morgan fingerprint density at radius 2 is 2.05 bits per heavy atom. The first-order valence-electron chi connectivity index (χ1n) is 7.12. The number of benzene rings is 1. The third kappa shape index (κ3) is 2.81. The largest absolute Gasteiger partial charge is 0.480 e. The molecule has 1 atom stereocenters. The van der Waals surface area contributed by atoms with Crippen LogP contribution in [0.3, 0.4) is 0 Å². The Morgan fingerprint density at radius 3 is 2.63 bits per heavy atom. The Balaban J connectivity index is 2.17. The zero-order chi connectivity index (χ0) is 13.9. The van der Waals surface area contributed by atoms with Gasteiger partial charge in [0.1, 0.15) is 5.54 Å². The number of carboxylic acid groups (broad SMARTS) is 1. The number of nitrogens with zero attached hydrogens (tertiary/aromatic N) is 1. The van der Waals surface area contributed by atoms with E-state index in [1.165, 1.54) is 11.1 Å². The van der Waals surface area contributed by atoms with Gasteiger partial charge in [0.05, 0.1) is 0 Å². The molecule has 3 heteroatoms. The van der Waals surface area contributed by atoms with E-state index < -0.39 is 11.5 Å².